The summed E-state index contributed by atoms with van der Waals surface area (Å²) in [5, 5.41) is 8.66. The van der Waals surface area contributed by atoms with Crippen LogP contribution in [0.2, 0.25) is 0 Å². The van der Waals surface area contributed by atoms with E-state index in [0.29, 0.717) is 6.42 Å². The Morgan fingerprint density at radius 1 is 1.37 bits per heavy atom. The second-order valence-electron chi connectivity index (χ2n) is 4.36. The number of nitrogens with zero attached hydrogens (tertiary/aromatic N) is 1. The summed E-state index contributed by atoms with van der Waals surface area (Å²) in [6.45, 7) is -0.0616. The van der Waals surface area contributed by atoms with Crippen molar-refractivity contribution in [3.63, 3.8) is 0 Å². The molecule has 0 aliphatic carbocycles. The largest absolute Gasteiger partial charge is 0.447 e. The Labute approximate surface area is 110 Å². The van der Waals surface area contributed by atoms with Gasteiger partial charge in [0.25, 0.3) is 0 Å². The summed E-state index contributed by atoms with van der Waals surface area (Å²) in [4.78, 5) is 24.6. The number of carbonyl (C=O) groups excluding carboxylic acids is 2. The maximum absolute atomic E-state index is 11.9. The highest BCUT2D eigenvalue weighted by Crippen LogP contribution is 2.23. The van der Waals surface area contributed by atoms with Crippen LogP contribution in [0.15, 0.2) is 24.3 Å². The van der Waals surface area contributed by atoms with Crippen LogP contribution in [0.25, 0.3) is 0 Å². The van der Waals surface area contributed by atoms with Gasteiger partial charge >= 0.3 is 6.09 Å². The van der Waals surface area contributed by atoms with Gasteiger partial charge in [0.05, 0.1) is 13.2 Å². The molecule has 1 aromatic carbocycles. The average molecular weight is 264 g/mol. The van der Waals surface area contributed by atoms with Gasteiger partial charge in [0.15, 0.2) is 0 Å². The first-order valence-corrected chi connectivity index (χ1v) is 6.04. The van der Waals surface area contributed by atoms with Crippen LogP contribution in [-0.4, -0.2) is 41.3 Å². The van der Waals surface area contributed by atoms with Gasteiger partial charge in [-0.25, -0.2) is 4.79 Å². The van der Waals surface area contributed by atoms with E-state index in [1.807, 2.05) is 24.3 Å². The Hall–Kier alpha value is -2.08. The van der Waals surface area contributed by atoms with Crippen LogP contribution in [0.1, 0.15) is 11.1 Å². The molecule has 102 valence electrons. The first-order valence-electron chi connectivity index (χ1n) is 6.04. The highest BCUT2D eigenvalue weighted by atomic mass is 16.6. The van der Waals surface area contributed by atoms with Gasteiger partial charge in [-0.05, 0) is 11.1 Å². The minimum absolute atomic E-state index is 0.0948. The number of amides is 2. The summed E-state index contributed by atoms with van der Waals surface area (Å²) >= 11 is 0. The van der Waals surface area contributed by atoms with E-state index in [1.54, 1.807) is 0 Å². The number of carbonyl (C=O) groups is 2. The zero-order chi connectivity index (χ0) is 13.8. The number of aliphatic hydroxyl groups is 1. The second-order valence-corrected chi connectivity index (χ2v) is 4.36. The van der Waals surface area contributed by atoms with Crippen LogP contribution >= 0.6 is 0 Å². The van der Waals surface area contributed by atoms with Gasteiger partial charge in [-0.15, -0.1) is 0 Å². The maximum atomic E-state index is 11.9. The van der Waals surface area contributed by atoms with Crippen molar-refractivity contribution in [1.82, 2.24) is 4.90 Å². The summed E-state index contributed by atoms with van der Waals surface area (Å²) in [7, 11) is 0. The molecule has 1 atom stereocenters. The summed E-state index contributed by atoms with van der Waals surface area (Å²) in [6, 6.07) is 6.87. The topological polar surface area (TPSA) is 92.9 Å². The zero-order valence-electron chi connectivity index (χ0n) is 10.4. The molecule has 0 radical (unpaired) electrons. The third-order valence-electron chi connectivity index (χ3n) is 3.13. The molecule has 0 saturated carbocycles. The molecule has 0 saturated heterocycles. The third-order valence-corrected chi connectivity index (χ3v) is 3.13. The van der Waals surface area contributed by atoms with E-state index in [2.05, 4.69) is 0 Å². The Morgan fingerprint density at radius 3 is 2.68 bits per heavy atom. The molecule has 0 bridgehead atoms. The molecular formula is C13H16N2O4. The Morgan fingerprint density at radius 2 is 2.05 bits per heavy atom. The number of hydrogen-bond acceptors (Lipinski definition) is 4. The predicted octanol–water partition coefficient (Wildman–Crippen LogP) is 0.0275. The van der Waals surface area contributed by atoms with E-state index in [9.17, 15) is 9.59 Å². The van der Waals surface area contributed by atoms with Crippen LogP contribution in [0.5, 0.6) is 0 Å². The molecule has 0 spiro atoms. The Bertz CT molecular complexity index is 489. The van der Waals surface area contributed by atoms with E-state index >= 15 is 0 Å². The first kappa shape index (κ1) is 13.4. The molecule has 1 aliphatic rings. The van der Waals surface area contributed by atoms with Crippen molar-refractivity contribution in [1.29, 1.82) is 0 Å². The number of ether oxygens (including phenoxy) is 1. The third kappa shape index (κ3) is 2.85. The van der Waals surface area contributed by atoms with Crippen LogP contribution in [0.3, 0.4) is 0 Å². The van der Waals surface area contributed by atoms with Crippen molar-refractivity contribution < 1.29 is 19.4 Å². The fourth-order valence-electron chi connectivity index (χ4n) is 2.18. The fraction of sp³-hybridized carbons (Fsp3) is 0.385. The quantitative estimate of drug-likeness (QED) is 0.805. The van der Waals surface area contributed by atoms with Gasteiger partial charge in [-0.2, -0.15) is 0 Å². The predicted molar refractivity (Wildman–Crippen MR) is 67.1 cm³/mol. The molecule has 2 amide bonds. The van der Waals surface area contributed by atoms with Gasteiger partial charge in [-0.3, -0.25) is 9.69 Å². The van der Waals surface area contributed by atoms with E-state index in [1.165, 1.54) is 4.90 Å². The van der Waals surface area contributed by atoms with Crippen LogP contribution in [-0.2, 0) is 22.5 Å². The maximum Gasteiger partial charge on any atom is 0.410 e. The minimum Gasteiger partial charge on any atom is -0.447 e. The van der Waals surface area contributed by atoms with E-state index in [0.717, 1.165) is 11.1 Å². The fourth-order valence-corrected chi connectivity index (χ4v) is 2.18. The summed E-state index contributed by atoms with van der Waals surface area (Å²) in [5.41, 5.74) is 7.33. The smallest absolute Gasteiger partial charge is 0.410 e. The SMILES string of the molecule is NC(=O)[C@@H]1Cc2ccccc2CN1C(=O)OCCO. The van der Waals surface area contributed by atoms with Crippen LogP contribution in [0.4, 0.5) is 4.79 Å². The Kier molecular flexibility index (Phi) is 4.01. The van der Waals surface area contributed by atoms with Crippen molar-refractivity contribution in [2.45, 2.75) is 19.0 Å². The molecule has 3 N–H and O–H groups in total. The Balaban J connectivity index is 2.21. The summed E-state index contributed by atoms with van der Waals surface area (Å²) < 4.78 is 4.86. The molecule has 2 rings (SSSR count). The number of aliphatic hydroxyl groups excluding tert-OH is 1. The van der Waals surface area contributed by atoms with Gasteiger partial charge in [-0.1, -0.05) is 24.3 Å². The molecule has 6 heteroatoms. The van der Waals surface area contributed by atoms with Crippen molar-refractivity contribution in [2.24, 2.45) is 5.73 Å². The lowest BCUT2D eigenvalue weighted by atomic mass is 9.94. The normalized spacial score (nSPS) is 17.7. The number of benzene rings is 1. The van der Waals surface area contributed by atoms with Crippen molar-refractivity contribution in [3.05, 3.63) is 35.4 Å². The number of hydrogen-bond donors (Lipinski definition) is 2. The molecule has 0 unspecified atom stereocenters. The number of nitrogens with two attached hydrogens (primary N) is 1. The standard InChI is InChI=1S/C13H16N2O4/c14-12(17)11-7-9-3-1-2-4-10(9)8-15(11)13(18)19-6-5-16/h1-4,11,16H,5-8H2,(H2,14,17)/t11-/m0/s1. The van der Waals surface area contributed by atoms with Crippen molar-refractivity contribution in [3.8, 4) is 0 Å². The van der Waals surface area contributed by atoms with Crippen molar-refractivity contribution >= 4 is 12.0 Å². The van der Waals surface area contributed by atoms with Gasteiger partial charge in [0.1, 0.15) is 12.6 Å². The summed E-state index contributed by atoms with van der Waals surface area (Å²) in [5.74, 6) is -0.560. The molecular weight excluding hydrogens is 248 g/mol. The molecule has 1 aromatic rings. The first-order chi connectivity index (χ1) is 9.13. The van der Waals surface area contributed by atoms with Gasteiger partial charge in [0.2, 0.25) is 5.91 Å². The lowest BCUT2D eigenvalue weighted by Crippen LogP contribution is -2.51. The molecule has 1 aliphatic heterocycles. The summed E-state index contributed by atoms with van der Waals surface area (Å²) in [6.07, 6.45) is -0.243. The van der Waals surface area contributed by atoms with E-state index in [4.69, 9.17) is 15.6 Å². The minimum atomic E-state index is -0.707. The number of primary amides is 1. The second kappa shape index (κ2) is 5.71. The average Bonchev–Trinajstić information content (AvgIpc) is 2.43. The zero-order valence-corrected chi connectivity index (χ0v) is 10.4. The van der Waals surface area contributed by atoms with E-state index in [-0.39, 0.29) is 19.8 Å². The van der Waals surface area contributed by atoms with Crippen LogP contribution < -0.4 is 5.73 Å². The van der Waals surface area contributed by atoms with Crippen molar-refractivity contribution in [2.75, 3.05) is 13.2 Å². The molecule has 1 heterocycles. The lowest BCUT2D eigenvalue weighted by Gasteiger charge is -2.34. The molecule has 0 fully saturated rings. The number of fused-ring (bicyclic) bond motifs is 1. The monoisotopic (exact) mass is 264 g/mol. The van der Waals surface area contributed by atoms with Crippen LogP contribution in [0, 0.1) is 0 Å². The molecule has 6 nitrogen and oxygen atoms in total. The molecule has 0 aromatic heterocycles. The molecule has 19 heavy (non-hydrogen) atoms. The highest BCUT2D eigenvalue weighted by Gasteiger charge is 2.34. The number of rotatable bonds is 3. The van der Waals surface area contributed by atoms with Gasteiger partial charge < -0.3 is 15.6 Å². The lowest BCUT2D eigenvalue weighted by molar-refractivity contribution is -0.123. The van der Waals surface area contributed by atoms with Gasteiger partial charge in [0, 0.05) is 6.42 Å². The highest BCUT2D eigenvalue weighted by molar-refractivity contribution is 5.85. The van der Waals surface area contributed by atoms with E-state index < -0.39 is 18.0 Å².